The molecule has 10 heteroatoms. The van der Waals surface area contributed by atoms with Crippen LogP contribution in [0.5, 0.6) is 5.75 Å². The van der Waals surface area contributed by atoms with E-state index in [1.807, 2.05) is 23.1 Å². The summed E-state index contributed by atoms with van der Waals surface area (Å²) in [5.41, 5.74) is 0.688. The van der Waals surface area contributed by atoms with Crippen LogP contribution in [0.4, 0.5) is 21.8 Å². The zero-order valence-corrected chi connectivity index (χ0v) is 19.0. The molecule has 9 nitrogen and oxygen atoms in total. The molecule has 1 aromatic heterocycles. The Bertz CT molecular complexity index is 1050. The zero-order chi connectivity index (χ0) is 23.9. The Balaban J connectivity index is 1.35. The SMILES string of the molecule is C=CC(=O)N1CCCC(Nc2nc(Nc3cccc(OCCN4CCCC4=O)c3)ncc2F)C1. The number of hydrogen-bond donors (Lipinski definition) is 2. The molecule has 0 aliphatic carbocycles. The summed E-state index contributed by atoms with van der Waals surface area (Å²) in [5, 5.41) is 6.18. The lowest BCUT2D eigenvalue weighted by Crippen LogP contribution is -2.44. The number of hydrogen-bond acceptors (Lipinski definition) is 7. The molecule has 34 heavy (non-hydrogen) atoms. The summed E-state index contributed by atoms with van der Waals surface area (Å²) in [4.78, 5) is 35.4. The minimum absolute atomic E-state index is 0.0816. The van der Waals surface area contributed by atoms with E-state index in [2.05, 4.69) is 27.2 Å². The average molecular weight is 469 g/mol. The number of amides is 2. The monoisotopic (exact) mass is 468 g/mol. The third-order valence-corrected chi connectivity index (χ3v) is 5.88. The highest BCUT2D eigenvalue weighted by molar-refractivity contribution is 5.87. The number of carbonyl (C=O) groups excluding carboxylic acids is 2. The van der Waals surface area contributed by atoms with Gasteiger partial charge in [0, 0.05) is 43.9 Å². The topological polar surface area (TPSA) is 99.7 Å². The van der Waals surface area contributed by atoms with E-state index in [4.69, 9.17) is 4.74 Å². The van der Waals surface area contributed by atoms with Crippen LogP contribution < -0.4 is 15.4 Å². The fraction of sp³-hybridized carbons (Fsp3) is 0.417. The molecular formula is C24H29FN6O3. The number of aromatic nitrogens is 2. The first kappa shape index (κ1) is 23.5. The quantitative estimate of drug-likeness (QED) is 0.546. The maximum atomic E-state index is 14.4. The molecule has 0 radical (unpaired) electrons. The third kappa shape index (κ3) is 6.00. The molecule has 2 amide bonds. The van der Waals surface area contributed by atoms with Crippen molar-refractivity contribution < 1.29 is 18.7 Å². The summed E-state index contributed by atoms with van der Waals surface area (Å²) in [6.45, 7) is 6.40. The number of halogens is 1. The van der Waals surface area contributed by atoms with Gasteiger partial charge in [-0.15, -0.1) is 0 Å². The molecule has 2 aromatic rings. The summed E-state index contributed by atoms with van der Waals surface area (Å²) >= 11 is 0. The minimum atomic E-state index is -0.564. The van der Waals surface area contributed by atoms with Crippen molar-refractivity contribution in [1.82, 2.24) is 19.8 Å². The van der Waals surface area contributed by atoms with Gasteiger partial charge in [-0.1, -0.05) is 12.6 Å². The van der Waals surface area contributed by atoms with E-state index in [1.54, 1.807) is 11.0 Å². The lowest BCUT2D eigenvalue weighted by atomic mass is 10.1. The molecule has 2 aliphatic rings. The van der Waals surface area contributed by atoms with Crippen LogP contribution in [0.2, 0.25) is 0 Å². The van der Waals surface area contributed by atoms with Gasteiger partial charge < -0.3 is 25.2 Å². The molecule has 0 bridgehead atoms. The molecule has 0 spiro atoms. The maximum absolute atomic E-state index is 14.4. The first-order chi connectivity index (χ1) is 16.5. The first-order valence-electron chi connectivity index (χ1n) is 11.5. The molecule has 2 aliphatic heterocycles. The van der Waals surface area contributed by atoms with Crippen molar-refractivity contribution in [3.05, 3.63) is 48.9 Å². The normalized spacial score (nSPS) is 18.0. The molecule has 1 atom stereocenters. The maximum Gasteiger partial charge on any atom is 0.246 e. The van der Waals surface area contributed by atoms with E-state index in [9.17, 15) is 14.0 Å². The zero-order valence-electron chi connectivity index (χ0n) is 19.0. The molecular weight excluding hydrogens is 439 g/mol. The Morgan fingerprint density at radius 1 is 1.32 bits per heavy atom. The lowest BCUT2D eigenvalue weighted by Gasteiger charge is -2.32. The number of anilines is 3. The molecule has 1 aromatic carbocycles. The first-order valence-corrected chi connectivity index (χ1v) is 11.5. The molecule has 3 heterocycles. The fourth-order valence-corrected chi connectivity index (χ4v) is 4.15. The second-order valence-electron chi connectivity index (χ2n) is 8.35. The van der Waals surface area contributed by atoms with E-state index in [0.717, 1.165) is 32.0 Å². The Hall–Kier alpha value is -3.69. The molecule has 2 saturated heterocycles. The van der Waals surface area contributed by atoms with Gasteiger partial charge in [0.05, 0.1) is 12.7 Å². The molecule has 4 rings (SSSR count). The number of likely N-dealkylation sites (tertiary alicyclic amines) is 2. The van der Waals surface area contributed by atoms with Gasteiger partial charge in [0.2, 0.25) is 17.8 Å². The predicted octanol–water partition coefficient (Wildman–Crippen LogP) is 2.95. The molecule has 2 N–H and O–H groups in total. The van der Waals surface area contributed by atoms with Crippen LogP contribution in [0.15, 0.2) is 43.1 Å². The molecule has 2 fully saturated rings. The highest BCUT2D eigenvalue weighted by Gasteiger charge is 2.23. The van der Waals surface area contributed by atoms with Crippen LogP contribution in [-0.2, 0) is 9.59 Å². The van der Waals surface area contributed by atoms with Gasteiger partial charge in [-0.2, -0.15) is 4.98 Å². The lowest BCUT2D eigenvalue weighted by molar-refractivity contribution is -0.128. The number of rotatable bonds is 9. The Morgan fingerprint density at radius 2 is 2.21 bits per heavy atom. The predicted molar refractivity (Wildman–Crippen MR) is 126 cm³/mol. The van der Waals surface area contributed by atoms with E-state index in [1.165, 1.54) is 6.08 Å². The van der Waals surface area contributed by atoms with Crippen molar-refractivity contribution in [3.8, 4) is 5.75 Å². The van der Waals surface area contributed by atoms with Gasteiger partial charge >= 0.3 is 0 Å². The summed E-state index contributed by atoms with van der Waals surface area (Å²) in [6.07, 6.45) is 5.53. The summed E-state index contributed by atoms with van der Waals surface area (Å²) < 4.78 is 20.2. The number of nitrogens with zero attached hydrogens (tertiary/aromatic N) is 4. The van der Waals surface area contributed by atoms with E-state index >= 15 is 0 Å². The second kappa shape index (κ2) is 11.0. The standard InChI is InChI=1S/C24H29FN6O3/c1-2-21(32)31-11-4-7-18(16-31)27-23-20(25)15-26-24(29-23)28-17-6-3-8-19(14-17)34-13-12-30-10-5-9-22(30)33/h2-3,6,8,14-15,18H,1,4-5,7,9-13,16H2,(H2,26,27,28,29). The van der Waals surface area contributed by atoms with Gasteiger partial charge in [-0.25, -0.2) is 9.37 Å². The average Bonchev–Trinajstić information content (AvgIpc) is 3.25. The highest BCUT2D eigenvalue weighted by Crippen LogP contribution is 2.23. The van der Waals surface area contributed by atoms with Gasteiger partial charge in [-0.3, -0.25) is 9.59 Å². The number of piperidine rings is 1. The van der Waals surface area contributed by atoms with E-state index < -0.39 is 5.82 Å². The number of ether oxygens (including phenoxy) is 1. The highest BCUT2D eigenvalue weighted by atomic mass is 19.1. The van der Waals surface area contributed by atoms with Crippen molar-refractivity contribution >= 4 is 29.3 Å². The molecule has 1 unspecified atom stereocenters. The van der Waals surface area contributed by atoms with Crippen molar-refractivity contribution in [1.29, 1.82) is 0 Å². The number of carbonyl (C=O) groups is 2. The van der Waals surface area contributed by atoms with Crippen molar-refractivity contribution in [2.75, 3.05) is 43.4 Å². The van der Waals surface area contributed by atoms with Crippen LogP contribution in [0.1, 0.15) is 25.7 Å². The smallest absolute Gasteiger partial charge is 0.246 e. The Labute approximate surface area is 198 Å². The number of nitrogens with one attached hydrogen (secondary N) is 2. The summed E-state index contributed by atoms with van der Waals surface area (Å²) in [5.74, 6) is 0.436. The van der Waals surface area contributed by atoms with Crippen molar-refractivity contribution in [2.24, 2.45) is 0 Å². The Morgan fingerprint density at radius 3 is 3.00 bits per heavy atom. The largest absolute Gasteiger partial charge is 0.492 e. The van der Waals surface area contributed by atoms with Gasteiger partial charge in [0.1, 0.15) is 12.4 Å². The minimum Gasteiger partial charge on any atom is -0.492 e. The second-order valence-corrected chi connectivity index (χ2v) is 8.35. The molecule has 180 valence electrons. The van der Waals surface area contributed by atoms with Crippen LogP contribution in [0.25, 0.3) is 0 Å². The summed E-state index contributed by atoms with van der Waals surface area (Å²) in [6, 6.07) is 7.17. The Kier molecular flexibility index (Phi) is 7.56. The van der Waals surface area contributed by atoms with Gasteiger partial charge in [0.15, 0.2) is 11.6 Å². The van der Waals surface area contributed by atoms with E-state index in [0.29, 0.717) is 44.1 Å². The van der Waals surface area contributed by atoms with Gasteiger partial charge in [0.25, 0.3) is 0 Å². The van der Waals surface area contributed by atoms with Gasteiger partial charge in [-0.05, 0) is 37.5 Å². The third-order valence-electron chi connectivity index (χ3n) is 5.88. The van der Waals surface area contributed by atoms with E-state index in [-0.39, 0.29) is 29.6 Å². The van der Waals surface area contributed by atoms with Crippen molar-refractivity contribution in [2.45, 2.75) is 31.7 Å². The number of benzene rings is 1. The summed E-state index contributed by atoms with van der Waals surface area (Å²) in [7, 11) is 0. The van der Waals surface area contributed by atoms with Crippen LogP contribution in [0.3, 0.4) is 0 Å². The van der Waals surface area contributed by atoms with Crippen LogP contribution in [0, 0.1) is 5.82 Å². The van der Waals surface area contributed by atoms with Crippen LogP contribution in [-0.4, -0.2) is 70.4 Å². The van der Waals surface area contributed by atoms with Crippen LogP contribution >= 0.6 is 0 Å². The molecule has 0 saturated carbocycles. The fourth-order valence-electron chi connectivity index (χ4n) is 4.15. The van der Waals surface area contributed by atoms with Crippen molar-refractivity contribution in [3.63, 3.8) is 0 Å².